The minimum absolute atomic E-state index is 0.0293. The Balaban J connectivity index is 1.68. The molecular formula is C19H24N2O4. The number of carbonyl (C=O) groups is 2. The summed E-state index contributed by atoms with van der Waals surface area (Å²) in [4.78, 5) is 27.4. The van der Waals surface area contributed by atoms with Crippen LogP contribution in [-0.4, -0.2) is 59.5 Å². The van der Waals surface area contributed by atoms with Gasteiger partial charge < -0.3 is 14.4 Å². The molecule has 25 heavy (non-hydrogen) atoms. The first kappa shape index (κ1) is 17.5. The maximum atomic E-state index is 12.8. The Labute approximate surface area is 147 Å². The van der Waals surface area contributed by atoms with Crippen molar-refractivity contribution in [3.8, 4) is 0 Å². The summed E-state index contributed by atoms with van der Waals surface area (Å²) in [5.41, 5.74) is 1.86. The Kier molecular flexibility index (Phi) is 5.08. The molecule has 1 atom stereocenters. The van der Waals surface area contributed by atoms with E-state index in [9.17, 15) is 9.59 Å². The van der Waals surface area contributed by atoms with Crippen LogP contribution in [0.5, 0.6) is 0 Å². The average Bonchev–Trinajstić information content (AvgIpc) is 2.81. The Morgan fingerprint density at radius 2 is 2.08 bits per heavy atom. The van der Waals surface area contributed by atoms with E-state index in [1.54, 1.807) is 0 Å². The predicted octanol–water partition coefficient (Wildman–Crippen LogP) is 2.75. The highest BCUT2D eigenvalue weighted by molar-refractivity contribution is 5.96. The summed E-state index contributed by atoms with van der Waals surface area (Å²) in [5, 5.41) is 9.89. The zero-order valence-electron chi connectivity index (χ0n) is 14.7. The van der Waals surface area contributed by atoms with Gasteiger partial charge in [-0.15, -0.1) is 0 Å². The number of hydrogen-bond acceptors (Lipinski definition) is 4. The van der Waals surface area contributed by atoms with Crippen LogP contribution in [0.25, 0.3) is 11.0 Å². The number of carboxylic acid groups (broad SMARTS) is 1. The summed E-state index contributed by atoms with van der Waals surface area (Å²) >= 11 is 0. The largest absolute Gasteiger partial charge is 0.480 e. The monoisotopic (exact) mass is 344 g/mol. The third-order valence-corrected chi connectivity index (χ3v) is 4.88. The number of furan rings is 1. The van der Waals surface area contributed by atoms with E-state index in [1.165, 1.54) is 0 Å². The van der Waals surface area contributed by atoms with Crippen molar-refractivity contribution in [2.24, 2.45) is 0 Å². The van der Waals surface area contributed by atoms with E-state index in [2.05, 4.69) is 0 Å². The van der Waals surface area contributed by atoms with Gasteiger partial charge in [-0.05, 0) is 51.4 Å². The fraction of sp³-hybridized carbons (Fsp3) is 0.474. The first-order valence-corrected chi connectivity index (χ1v) is 8.65. The predicted molar refractivity (Wildman–Crippen MR) is 94.8 cm³/mol. The number of amides is 1. The highest BCUT2D eigenvalue weighted by atomic mass is 16.4. The molecule has 1 aromatic heterocycles. The van der Waals surface area contributed by atoms with Crippen LogP contribution in [0.3, 0.4) is 0 Å². The number of fused-ring (bicyclic) bond motifs is 1. The molecule has 1 fully saturated rings. The molecule has 1 N–H and O–H groups in total. The van der Waals surface area contributed by atoms with Crippen LogP contribution >= 0.6 is 0 Å². The van der Waals surface area contributed by atoms with Crippen LogP contribution in [0.2, 0.25) is 0 Å². The molecule has 0 spiro atoms. The zero-order valence-corrected chi connectivity index (χ0v) is 14.7. The summed E-state index contributed by atoms with van der Waals surface area (Å²) in [5.74, 6) is -0.537. The third kappa shape index (κ3) is 4.02. The number of carbonyl (C=O) groups excluding carboxylic acids is 1. The average molecular weight is 344 g/mol. The quantitative estimate of drug-likeness (QED) is 0.923. The van der Waals surface area contributed by atoms with Crippen molar-refractivity contribution in [3.63, 3.8) is 0 Å². The fourth-order valence-corrected chi connectivity index (χ4v) is 3.49. The maximum absolute atomic E-state index is 12.8. The molecule has 1 aromatic carbocycles. The fourth-order valence-electron chi connectivity index (χ4n) is 3.49. The summed E-state index contributed by atoms with van der Waals surface area (Å²) in [6.45, 7) is 3.33. The number of carboxylic acids is 1. The Bertz CT molecular complexity index is 783. The molecule has 1 unspecified atom stereocenters. The standard InChI is InChI=1S/C19H24N2O4/c1-13-5-6-16-14(10-13)11-17(25-16)19(24)21-8-3-4-15(7-9-21)20(2)12-18(22)23/h5-6,10-11,15H,3-4,7-9,12H2,1-2H3,(H,22,23). The van der Waals surface area contributed by atoms with Gasteiger partial charge in [0.05, 0.1) is 6.54 Å². The molecule has 1 saturated heterocycles. The lowest BCUT2D eigenvalue weighted by Crippen LogP contribution is -2.37. The van der Waals surface area contributed by atoms with E-state index in [0.29, 0.717) is 18.8 Å². The van der Waals surface area contributed by atoms with Gasteiger partial charge in [0.15, 0.2) is 5.76 Å². The SMILES string of the molecule is Cc1ccc2oc(C(=O)N3CCCC(N(C)CC(=O)O)CC3)cc2c1. The molecule has 6 heteroatoms. The van der Waals surface area contributed by atoms with Gasteiger partial charge in [0.1, 0.15) is 5.58 Å². The van der Waals surface area contributed by atoms with Crippen LogP contribution in [0, 0.1) is 6.92 Å². The lowest BCUT2D eigenvalue weighted by molar-refractivity contribution is -0.138. The van der Waals surface area contributed by atoms with Crippen LogP contribution in [0.4, 0.5) is 0 Å². The molecule has 134 valence electrons. The van der Waals surface area contributed by atoms with Crippen molar-refractivity contribution in [1.29, 1.82) is 0 Å². The lowest BCUT2D eigenvalue weighted by Gasteiger charge is -2.25. The van der Waals surface area contributed by atoms with Crippen LogP contribution in [-0.2, 0) is 4.79 Å². The van der Waals surface area contributed by atoms with E-state index >= 15 is 0 Å². The summed E-state index contributed by atoms with van der Waals surface area (Å²) in [6, 6.07) is 7.86. The van der Waals surface area contributed by atoms with Crippen LogP contribution in [0.1, 0.15) is 35.4 Å². The van der Waals surface area contributed by atoms with Crippen molar-refractivity contribution >= 4 is 22.8 Å². The van der Waals surface area contributed by atoms with E-state index in [4.69, 9.17) is 9.52 Å². The highest BCUT2D eigenvalue weighted by Gasteiger charge is 2.26. The first-order valence-electron chi connectivity index (χ1n) is 8.65. The van der Waals surface area contributed by atoms with Gasteiger partial charge in [-0.1, -0.05) is 11.6 Å². The Morgan fingerprint density at radius 1 is 1.28 bits per heavy atom. The maximum Gasteiger partial charge on any atom is 0.317 e. The van der Waals surface area contributed by atoms with Gasteiger partial charge in [0.2, 0.25) is 0 Å². The number of rotatable bonds is 4. The third-order valence-electron chi connectivity index (χ3n) is 4.88. The second kappa shape index (κ2) is 7.27. The van der Waals surface area contributed by atoms with Crippen molar-refractivity contribution < 1.29 is 19.1 Å². The topological polar surface area (TPSA) is 74.0 Å². The molecule has 0 saturated carbocycles. The normalized spacial score (nSPS) is 18.5. The van der Waals surface area contributed by atoms with E-state index in [0.717, 1.165) is 35.8 Å². The van der Waals surface area contributed by atoms with Crippen molar-refractivity contribution in [2.75, 3.05) is 26.7 Å². The van der Waals surface area contributed by atoms with Crippen LogP contribution in [0.15, 0.2) is 28.7 Å². The molecule has 1 aliphatic heterocycles. The second-order valence-corrected chi connectivity index (χ2v) is 6.84. The molecule has 2 heterocycles. The van der Waals surface area contributed by atoms with Crippen molar-refractivity contribution in [2.45, 2.75) is 32.2 Å². The highest BCUT2D eigenvalue weighted by Crippen LogP contribution is 2.23. The van der Waals surface area contributed by atoms with Gasteiger partial charge in [-0.2, -0.15) is 0 Å². The molecule has 6 nitrogen and oxygen atoms in total. The van der Waals surface area contributed by atoms with Crippen molar-refractivity contribution in [3.05, 3.63) is 35.6 Å². The Morgan fingerprint density at radius 3 is 2.84 bits per heavy atom. The van der Waals surface area contributed by atoms with Crippen LogP contribution < -0.4 is 0 Å². The number of hydrogen-bond donors (Lipinski definition) is 1. The van der Waals surface area contributed by atoms with Gasteiger partial charge in [-0.3, -0.25) is 14.5 Å². The summed E-state index contributed by atoms with van der Waals surface area (Å²) < 4.78 is 5.73. The number of nitrogens with zero attached hydrogens (tertiary/aromatic N) is 2. The van der Waals surface area contributed by atoms with Gasteiger partial charge in [0.25, 0.3) is 5.91 Å². The number of benzene rings is 1. The molecular weight excluding hydrogens is 320 g/mol. The number of aryl methyl sites for hydroxylation is 1. The smallest absolute Gasteiger partial charge is 0.317 e. The van der Waals surface area contributed by atoms with E-state index < -0.39 is 5.97 Å². The molecule has 1 amide bonds. The molecule has 3 rings (SSSR count). The van der Waals surface area contributed by atoms with E-state index in [1.807, 2.05) is 48.0 Å². The second-order valence-electron chi connectivity index (χ2n) is 6.84. The Hall–Kier alpha value is -2.34. The van der Waals surface area contributed by atoms with Crippen molar-refractivity contribution in [1.82, 2.24) is 9.80 Å². The first-order chi connectivity index (χ1) is 11.9. The molecule has 1 aliphatic rings. The molecule has 0 aliphatic carbocycles. The number of likely N-dealkylation sites (N-methyl/N-ethyl adjacent to an activating group) is 1. The van der Waals surface area contributed by atoms with Gasteiger partial charge >= 0.3 is 5.97 Å². The molecule has 2 aromatic rings. The van der Waals surface area contributed by atoms with E-state index in [-0.39, 0.29) is 18.5 Å². The molecule has 0 radical (unpaired) electrons. The number of aliphatic carboxylic acids is 1. The lowest BCUT2D eigenvalue weighted by atomic mass is 10.1. The minimum Gasteiger partial charge on any atom is -0.480 e. The minimum atomic E-state index is -0.822. The summed E-state index contributed by atoms with van der Waals surface area (Å²) in [6.07, 6.45) is 2.53. The molecule has 0 bridgehead atoms. The number of likely N-dealkylation sites (tertiary alicyclic amines) is 1. The zero-order chi connectivity index (χ0) is 18.0. The van der Waals surface area contributed by atoms with Gasteiger partial charge in [-0.25, -0.2) is 0 Å². The summed E-state index contributed by atoms with van der Waals surface area (Å²) in [7, 11) is 1.83. The van der Waals surface area contributed by atoms with Gasteiger partial charge in [0, 0.05) is 24.5 Å².